The van der Waals surface area contributed by atoms with Crippen LogP contribution in [0.2, 0.25) is 0 Å². The zero-order valence-corrected chi connectivity index (χ0v) is 18.2. The molecule has 0 radical (unpaired) electrons. The minimum absolute atomic E-state index is 0.248. The van der Waals surface area contributed by atoms with Gasteiger partial charge >= 0.3 is 0 Å². The van der Waals surface area contributed by atoms with Crippen LogP contribution in [-0.2, 0) is 4.79 Å². The van der Waals surface area contributed by atoms with Crippen molar-refractivity contribution in [3.05, 3.63) is 58.8 Å². The van der Waals surface area contributed by atoms with E-state index >= 15 is 0 Å². The van der Waals surface area contributed by atoms with Gasteiger partial charge in [-0.3, -0.25) is 10.1 Å². The standard InChI is InChI=1S/C23H26N2O4S/c1-4-27-21-14-17(13-19-22(26)25-23(30)24-19)6-7-20(21)29-9-5-8-28-18-11-15(2)10-16(3)12-18/h6-7,10-14H,4-5,8-9H2,1-3H3,(H2,24,25,26,30)/b19-13-. The highest BCUT2D eigenvalue weighted by Crippen LogP contribution is 2.29. The first kappa shape index (κ1) is 21.6. The third-order valence-corrected chi connectivity index (χ3v) is 4.51. The van der Waals surface area contributed by atoms with Crippen LogP contribution >= 0.6 is 12.2 Å². The molecule has 3 rings (SSSR count). The molecule has 1 heterocycles. The number of thiocarbonyl (C=S) groups is 1. The molecule has 0 saturated carbocycles. The van der Waals surface area contributed by atoms with Gasteiger partial charge in [0, 0.05) is 6.42 Å². The summed E-state index contributed by atoms with van der Waals surface area (Å²) in [7, 11) is 0. The molecule has 1 aliphatic rings. The number of rotatable bonds is 9. The fourth-order valence-electron chi connectivity index (χ4n) is 3.10. The lowest BCUT2D eigenvalue weighted by Crippen LogP contribution is -2.21. The Labute approximate surface area is 182 Å². The smallest absolute Gasteiger partial charge is 0.273 e. The molecule has 7 heteroatoms. The highest BCUT2D eigenvalue weighted by atomic mass is 32.1. The van der Waals surface area contributed by atoms with Gasteiger partial charge in [0.1, 0.15) is 11.4 Å². The molecule has 30 heavy (non-hydrogen) atoms. The maximum absolute atomic E-state index is 11.8. The molecule has 0 bridgehead atoms. The van der Waals surface area contributed by atoms with E-state index in [4.69, 9.17) is 26.4 Å². The fraction of sp³-hybridized carbons (Fsp3) is 0.304. The van der Waals surface area contributed by atoms with Crippen molar-refractivity contribution in [3.63, 3.8) is 0 Å². The van der Waals surface area contributed by atoms with Crippen LogP contribution in [0.3, 0.4) is 0 Å². The van der Waals surface area contributed by atoms with E-state index in [-0.39, 0.29) is 5.91 Å². The second kappa shape index (κ2) is 10.1. The summed E-state index contributed by atoms with van der Waals surface area (Å²) >= 11 is 4.95. The van der Waals surface area contributed by atoms with E-state index in [1.54, 1.807) is 6.08 Å². The minimum Gasteiger partial charge on any atom is -0.493 e. The number of benzene rings is 2. The molecule has 2 aromatic carbocycles. The van der Waals surface area contributed by atoms with Gasteiger partial charge in [0.05, 0.1) is 19.8 Å². The van der Waals surface area contributed by atoms with Crippen LogP contribution in [0.1, 0.15) is 30.0 Å². The molecule has 0 atom stereocenters. The molecule has 6 nitrogen and oxygen atoms in total. The van der Waals surface area contributed by atoms with Gasteiger partial charge in [0.2, 0.25) is 0 Å². The first-order chi connectivity index (χ1) is 14.4. The van der Waals surface area contributed by atoms with Crippen molar-refractivity contribution in [1.82, 2.24) is 10.6 Å². The van der Waals surface area contributed by atoms with Crippen molar-refractivity contribution < 1.29 is 19.0 Å². The maximum Gasteiger partial charge on any atom is 0.273 e. The Hall–Kier alpha value is -3.06. The molecule has 0 spiro atoms. The van der Waals surface area contributed by atoms with Crippen molar-refractivity contribution >= 4 is 29.3 Å². The van der Waals surface area contributed by atoms with Crippen molar-refractivity contribution in [2.24, 2.45) is 0 Å². The molecule has 0 aromatic heterocycles. The van der Waals surface area contributed by atoms with Gasteiger partial charge in [-0.05, 0) is 80.0 Å². The highest BCUT2D eigenvalue weighted by molar-refractivity contribution is 7.80. The second-order valence-corrected chi connectivity index (χ2v) is 7.39. The van der Waals surface area contributed by atoms with Gasteiger partial charge in [-0.2, -0.15) is 0 Å². The monoisotopic (exact) mass is 426 g/mol. The third kappa shape index (κ3) is 5.97. The lowest BCUT2D eigenvalue weighted by Gasteiger charge is -2.13. The SMILES string of the molecule is CCOc1cc(/C=C2\NC(=S)NC2=O)ccc1OCCCOc1cc(C)cc(C)c1. The predicted molar refractivity (Wildman–Crippen MR) is 121 cm³/mol. The van der Waals surface area contributed by atoms with Crippen molar-refractivity contribution in [2.75, 3.05) is 19.8 Å². The van der Waals surface area contributed by atoms with E-state index in [9.17, 15) is 4.79 Å². The van der Waals surface area contributed by atoms with Crippen LogP contribution in [-0.4, -0.2) is 30.8 Å². The average molecular weight is 427 g/mol. The largest absolute Gasteiger partial charge is 0.493 e. The first-order valence-corrected chi connectivity index (χ1v) is 10.3. The van der Waals surface area contributed by atoms with Gasteiger partial charge in [0.25, 0.3) is 5.91 Å². The van der Waals surface area contributed by atoms with E-state index in [2.05, 4.69) is 30.5 Å². The summed E-state index contributed by atoms with van der Waals surface area (Å²) < 4.78 is 17.4. The lowest BCUT2D eigenvalue weighted by molar-refractivity contribution is -0.115. The van der Waals surface area contributed by atoms with E-state index < -0.39 is 0 Å². The Kier molecular flexibility index (Phi) is 7.30. The van der Waals surface area contributed by atoms with Crippen LogP contribution in [0.5, 0.6) is 17.2 Å². The molecule has 2 N–H and O–H groups in total. The topological polar surface area (TPSA) is 68.8 Å². The summed E-state index contributed by atoms with van der Waals surface area (Å²) in [6, 6.07) is 11.7. The summed E-state index contributed by atoms with van der Waals surface area (Å²) in [5.74, 6) is 1.92. The molecular weight excluding hydrogens is 400 g/mol. The van der Waals surface area contributed by atoms with E-state index in [0.717, 1.165) is 17.7 Å². The average Bonchev–Trinajstić information content (AvgIpc) is 2.99. The lowest BCUT2D eigenvalue weighted by atomic mass is 10.1. The fourth-order valence-corrected chi connectivity index (χ4v) is 3.30. The molecule has 1 saturated heterocycles. The first-order valence-electron chi connectivity index (χ1n) is 9.89. The van der Waals surface area contributed by atoms with Crippen molar-refractivity contribution in [1.29, 1.82) is 0 Å². The zero-order valence-electron chi connectivity index (χ0n) is 17.4. The highest BCUT2D eigenvalue weighted by Gasteiger charge is 2.20. The number of carbonyl (C=O) groups excluding carboxylic acids is 1. The second-order valence-electron chi connectivity index (χ2n) is 6.98. The number of hydrogen-bond donors (Lipinski definition) is 2. The molecule has 1 fully saturated rings. The molecular formula is C23H26N2O4S. The molecule has 1 amide bonds. The molecule has 158 valence electrons. The van der Waals surface area contributed by atoms with Gasteiger partial charge in [0.15, 0.2) is 16.6 Å². The van der Waals surface area contributed by atoms with Gasteiger partial charge in [-0.1, -0.05) is 12.1 Å². The number of nitrogens with one attached hydrogen (secondary N) is 2. The number of amides is 1. The third-order valence-electron chi connectivity index (χ3n) is 4.31. The van der Waals surface area contributed by atoms with Gasteiger partial charge < -0.3 is 19.5 Å². The Balaban J connectivity index is 1.56. The maximum atomic E-state index is 11.8. The Bertz CT molecular complexity index is 951. The number of aryl methyl sites for hydroxylation is 2. The van der Waals surface area contributed by atoms with Crippen molar-refractivity contribution in [3.8, 4) is 17.2 Å². The Morgan fingerprint density at radius 2 is 1.67 bits per heavy atom. The molecule has 1 aliphatic heterocycles. The summed E-state index contributed by atoms with van der Waals surface area (Å²) in [5, 5.41) is 5.68. The molecule has 0 unspecified atom stereocenters. The van der Waals surface area contributed by atoms with Crippen molar-refractivity contribution in [2.45, 2.75) is 27.2 Å². The van der Waals surface area contributed by atoms with Gasteiger partial charge in [-0.15, -0.1) is 0 Å². The van der Waals surface area contributed by atoms with E-state index in [1.165, 1.54) is 11.1 Å². The number of ether oxygens (including phenoxy) is 3. The number of hydrogen-bond acceptors (Lipinski definition) is 5. The minimum atomic E-state index is -0.248. The zero-order chi connectivity index (χ0) is 21.5. The van der Waals surface area contributed by atoms with Gasteiger partial charge in [-0.25, -0.2) is 0 Å². The summed E-state index contributed by atoms with van der Waals surface area (Å²) in [5.41, 5.74) is 3.58. The summed E-state index contributed by atoms with van der Waals surface area (Å²) in [6.45, 7) is 7.61. The summed E-state index contributed by atoms with van der Waals surface area (Å²) in [6.07, 6.45) is 2.46. The van der Waals surface area contributed by atoms with Crippen LogP contribution < -0.4 is 24.8 Å². The molecule has 2 aromatic rings. The summed E-state index contributed by atoms with van der Waals surface area (Å²) in [4.78, 5) is 11.8. The van der Waals surface area contributed by atoms with E-state index in [0.29, 0.717) is 42.1 Å². The predicted octanol–water partition coefficient (Wildman–Crippen LogP) is 3.90. The van der Waals surface area contributed by atoms with E-state index in [1.807, 2.05) is 37.3 Å². The normalized spacial score (nSPS) is 14.4. The molecule has 0 aliphatic carbocycles. The van der Waals surface area contributed by atoms with Crippen LogP contribution in [0.4, 0.5) is 0 Å². The Morgan fingerprint density at radius 1 is 0.933 bits per heavy atom. The quantitative estimate of drug-likeness (QED) is 0.360. The Morgan fingerprint density at radius 3 is 2.33 bits per heavy atom. The number of carbonyl (C=O) groups is 1. The van der Waals surface area contributed by atoms with Crippen LogP contribution in [0.25, 0.3) is 6.08 Å². The van der Waals surface area contributed by atoms with Crippen LogP contribution in [0.15, 0.2) is 42.1 Å². The van der Waals surface area contributed by atoms with Crippen LogP contribution in [0, 0.1) is 13.8 Å².